The number of benzene rings is 2. The van der Waals surface area contributed by atoms with Crippen LogP contribution in [0.15, 0.2) is 53.6 Å². The number of nitro groups is 1. The van der Waals surface area contributed by atoms with Crippen LogP contribution >= 0.6 is 0 Å². The van der Waals surface area contributed by atoms with Gasteiger partial charge in [-0.05, 0) is 24.6 Å². The highest BCUT2D eigenvalue weighted by atomic mass is 16.6. The molecule has 0 unspecified atom stereocenters. The van der Waals surface area contributed by atoms with Crippen molar-refractivity contribution in [3.05, 3.63) is 75.5 Å². The molecular formula is C18H13N4O4-. The van der Waals surface area contributed by atoms with E-state index in [-0.39, 0.29) is 11.3 Å². The molecule has 1 N–H and O–H groups in total. The number of carbonyl (C=O) groups is 1. The highest BCUT2D eigenvalue weighted by Crippen LogP contribution is 2.20. The molecule has 0 fully saturated rings. The summed E-state index contributed by atoms with van der Waals surface area (Å²) in [5.74, 6) is -0.903. The lowest BCUT2D eigenvalue weighted by atomic mass is 10.1. The Labute approximate surface area is 148 Å². The number of fused-ring (bicyclic) bond motifs is 1. The molecule has 0 spiro atoms. The zero-order valence-corrected chi connectivity index (χ0v) is 13.7. The van der Waals surface area contributed by atoms with Crippen molar-refractivity contribution < 1.29 is 14.8 Å². The van der Waals surface area contributed by atoms with Gasteiger partial charge in [0.25, 0.3) is 11.6 Å². The van der Waals surface area contributed by atoms with E-state index in [1.54, 1.807) is 31.2 Å². The number of para-hydroxylation sites is 1. The number of non-ortho nitro benzene ring substituents is 1. The largest absolute Gasteiger partial charge is 0.872 e. The van der Waals surface area contributed by atoms with Crippen LogP contribution in [0.2, 0.25) is 0 Å². The van der Waals surface area contributed by atoms with Crippen LogP contribution in [-0.4, -0.2) is 22.0 Å². The Balaban J connectivity index is 1.85. The van der Waals surface area contributed by atoms with E-state index in [9.17, 15) is 20.0 Å². The monoisotopic (exact) mass is 349 g/mol. The molecule has 26 heavy (non-hydrogen) atoms. The van der Waals surface area contributed by atoms with E-state index in [1.807, 2.05) is 6.07 Å². The summed E-state index contributed by atoms with van der Waals surface area (Å²) in [6.45, 7) is 1.78. The lowest BCUT2D eigenvalue weighted by Crippen LogP contribution is -2.18. The third-order valence-electron chi connectivity index (χ3n) is 3.66. The highest BCUT2D eigenvalue weighted by Gasteiger charge is 2.11. The lowest BCUT2D eigenvalue weighted by Gasteiger charge is -2.09. The fraction of sp³-hybridized carbons (Fsp3) is 0.0556. The molecule has 8 nitrogen and oxygen atoms in total. The van der Waals surface area contributed by atoms with Crippen LogP contribution in [0.4, 0.5) is 5.69 Å². The first-order valence-electron chi connectivity index (χ1n) is 7.61. The maximum Gasteiger partial charge on any atom is 0.272 e. The van der Waals surface area contributed by atoms with Crippen molar-refractivity contribution in [2.24, 2.45) is 5.10 Å². The number of amides is 1. The van der Waals surface area contributed by atoms with Gasteiger partial charge in [0, 0.05) is 23.2 Å². The lowest BCUT2D eigenvalue weighted by molar-refractivity contribution is -0.385. The van der Waals surface area contributed by atoms with Gasteiger partial charge in [-0.1, -0.05) is 30.0 Å². The fourth-order valence-electron chi connectivity index (χ4n) is 2.47. The first-order chi connectivity index (χ1) is 12.5. The maximum atomic E-state index is 12.4. The summed E-state index contributed by atoms with van der Waals surface area (Å²) in [4.78, 5) is 26.9. The topological polar surface area (TPSA) is 121 Å². The van der Waals surface area contributed by atoms with E-state index in [1.165, 1.54) is 0 Å². The van der Waals surface area contributed by atoms with Crippen molar-refractivity contribution in [3.63, 3.8) is 0 Å². The normalized spacial score (nSPS) is 11.0. The van der Waals surface area contributed by atoms with Crippen LogP contribution in [-0.2, 0) is 0 Å². The molecule has 3 aromatic rings. The minimum atomic E-state index is -0.610. The molecule has 8 heteroatoms. The SMILES string of the molecule is Cc1cc(C(=O)N/N=C\c2cc([N+](=O)[O-])ccc2[O-])c2ccccc2n1. The molecule has 2 aromatic carbocycles. The van der Waals surface area contributed by atoms with Gasteiger partial charge >= 0.3 is 0 Å². The average Bonchev–Trinajstić information content (AvgIpc) is 2.62. The van der Waals surface area contributed by atoms with Gasteiger partial charge in [0.05, 0.1) is 22.2 Å². The second kappa shape index (κ2) is 6.98. The van der Waals surface area contributed by atoms with Gasteiger partial charge in [-0.15, -0.1) is 0 Å². The molecule has 0 bridgehead atoms. The first-order valence-corrected chi connectivity index (χ1v) is 7.61. The summed E-state index contributed by atoms with van der Waals surface area (Å²) in [5, 5.41) is 26.9. The smallest absolute Gasteiger partial charge is 0.272 e. The number of rotatable bonds is 4. The minimum Gasteiger partial charge on any atom is -0.872 e. The zero-order valence-electron chi connectivity index (χ0n) is 13.7. The predicted molar refractivity (Wildman–Crippen MR) is 94.1 cm³/mol. The van der Waals surface area contributed by atoms with Gasteiger partial charge in [0.2, 0.25) is 0 Å². The molecular weight excluding hydrogens is 336 g/mol. The average molecular weight is 349 g/mol. The van der Waals surface area contributed by atoms with Crippen molar-refractivity contribution in [1.29, 1.82) is 0 Å². The summed E-state index contributed by atoms with van der Waals surface area (Å²) in [7, 11) is 0. The van der Waals surface area contributed by atoms with Crippen molar-refractivity contribution in [2.45, 2.75) is 6.92 Å². The third kappa shape index (κ3) is 3.48. The van der Waals surface area contributed by atoms with Crippen LogP contribution in [0.25, 0.3) is 10.9 Å². The molecule has 1 heterocycles. The summed E-state index contributed by atoms with van der Waals surface area (Å²) in [6.07, 6.45) is 1.09. The fourth-order valence-corrected chi connectivity index (χ4v) is 2.47. The van der Waals surface area contributed by atoms with Gasteiger partial charge in [-0.3, -0.25) is 19.9 Å². The Morgan fingerprint density at radius 3 is 2.77 bits per heavy atom. The first kappa shape index (κ1) is 17.0. The third-order valence-corrected chi connectivity index (χ3v) is 3.66. The van der Waals surface area contributed by atoms with Gasteiger partial charge in [-0.25, -0.2) is 5.43 Å². The van der Waals surface area contributed by atoms with Crippen molar-refractivity contribution in [2.75, 3.05) is 0 Å². The standard InChI is InChI=1S/C18H14N4O4/c1-11-8-15(14-4-2-3-5-16(14)20-11)18(24)21-19-10-12-9-13(22(25)26)6-7-17(12)23/h2-10,23H,1H3,(H,21,24)/p-1/b19-10-. The Hall–Kier alpha value is -3.81. The van der Waals surface area contributed by atoms with E-state index in [0.29, 0.717) is 22.2 Å². The quantitative estimate of drug-likeness (QED) is 0.440. The summed E-state index contributed by atoms with van der Waals surface area (Å²) in [6, 6.07) is 12.1. The number of hydrogen-bond donors (Lipinski definition) is 1. The van der Waals surface area contributed by atoms with Crippen LogP contribution in [0.1, 0.15) is 21.6 Å². The molecule has 0 aliphatic heterocycles. The predicted octanol–water partition coefficient (Wildman–Crippen LogP) is 2.29. The Bertz CT molecular complexity index is 1050. The summed E-state index contributed by atoms with van der Waals surface area (Å²) >= 11 is 0. The number of hydrogen-bond acceptors (Lipinski definition) is 6. The highest BCUT2D eigenvalue weighted by molar-refractivity contribution is 6.06. The van der Waals surface area contributed by atoms with Gasteiger partial charge in [-0.2, -0.15) is 5.10 Å². The van der Waals surface area contributed by atoms with Crippen molar-refractivity contribution in [1.82, 2.24) is 10.4 Å². The van der Waals surface area contributed by atoms with Crippen LogP contribution < -0.4 is 10.5 Å². The number of aromatic nitrogens is 1. The second-order valence-corrected chi connectivity index (χ2v) is 5.51. The van der Waals surface area contributed by atoms with Crippen molar-refractivity contribution >= 4 is 28.7 Å². The molecule has 130 valence electrons. The molecule has 0 saturated carbocycles. The van der Waals surface area contributed by atoms with Crippen LogP contribution in [0.3, 0.4) is 0 Å². The van der Waals surface area contributed by atoms with Crippen molar-refractivity contribution in [3.8, 4) is 5.75 Å². The number of carbonyl (C=O) groups excluding carboxylic acids is 1. The van der Waals surface area contributed by atoms with Crippen LogP contribution in [0, 0.1) is 17.0 Å². The molecule has 0 atom stereocenters. The van der Waals surface area contributed by atoms with Crippen LogP contribution in [0.5, 0.6) is 5.75 Å². The Morgan fingerprint density at radius 2 is 2.00 bits per heavy atom. The molecule has 1 amide bonds. The summed E-state index contributed by atoms with van der Waals surface area (Å²) < 4.78 is 0. The molecule has 3 rings (SSSR count). The maximum absolute atomic E-state index is 12.4. The van der Waals surface area contributed by atoms with E-state index >= 15 is 0 Å². The molecule has 0 aliphatic carbocycles. The molecule has 0 aliphatic rings. The molecule has 0 saturated heterocycles. The van der Waals surface area contributed by atoms with E-state index in [0.717, 1.165) is 24.4 Å². The second-order valence-electron chi connectivity index (χ2n) is 5.51. The number of nitrogens with zero attached hydrogens (tertiary/aromatic N) is 3. The number of hydrazone groups is 1. The molecule has 0 radical (unpaired) electrons. The number of aryl methyl sites for hydroxylation is 1. The van der Waals surface area contributed by atoms with Gasteiger partial charge in [0.15, 0.2) is 0 Å². The number of pyridine rings is 1. The zero-order chi connectivity index (χ0) is 18.7. The van der Waals surface area contributed by atoms with Gasteiger partial charge < -0.3 is 5.11 Å². The van der Waals surface area contributed by atoms with Gasteiger partial charge in [0.1, 0.15) is 0 Å². The van der Waals surface area contributed by atoms with E-state index < -0.39 is 16.6 Å². The minimum absolute atomic E-state index is 0.00951. The Kier molecular flexibility index (Phi) is 4.57. The van der Waals surface area contributed by atoms with E-state index in [4.69, 9.17) is 0 Å². The number of nitro benzene ring substituents is 1. The molecule has 1 aromatic heterocycles. The van der Waals surface area contributed by atoms with E-state index in [2.05, 4.69) is 15.5 Å². The number of nitrogens with one attached hydrogen (secondary N) is 1. The summed E-state index contributed by atoms with van der Waals surface area (Å²) in [5.41, 5.74) is 3.87. The Morgan fingerprint density at radius 1 is 1.23 bits per heavy atom.